The molecule has 0 radical (unpaired) electrons. The number of nitrogens with one attached hydrogen (secondary N) is 1. The topological polar surface area (TPSA) is 110 Å². The van der Waals surface area contributed by atoms with Gasteiger partial charge in [-0.1, -0.05) is 0 Å². The molecule has 10 heteroatoms. The highest BCUT2D eigenvalue weighted by Gasteiger charge is 2.43. The molecule has 10 nitrogen and oxygen atoms in total. The monoisotopic (exact) mass is 418 g/mol. The minimum Gasteiger partial charge on any atom is -0.497 e. The van der Waals surface area contributed by atoms with Crippen LogP contribution in [0.3, 0.4) is 0 Å². The first-order valence-electron chi connectivity index (χ1n) is 9.73. The molecule has 2 aliphatic rings. The van der Waals surface area contributed by atoms with Crippen molar-refractivity contribution in [2.45, 2.75) is 13.0 Å². The third-order valence-corrected chi connectivity index (χ3v) is 5.16. The van der Waals surface area contributed by atoms with Crippen molar-refractivity contribution < 1.29 is 28.6 Å². The Kier molecular flexibility index (Phi) is 6.76. The Bertz CT molecular complexity index is 835. The van der Waals surface area contributed by atoms with Crippen molar-refractivity contribution in [3.63, 3.8) is 0 Å². The molecule has 0 aliphatic carbocycles. The second-order valence-corrected chi connectivity index (χ2v) is 6.85. The van der Waals surface area contributed by atoms with Gasteiger partial charge >= 0.3 is 5.97 Å². The van der Waals surface area contributed by atoms with E-state index in [1.54, 1.807) is 37.1 Å². The Hall–Kier alpha value is -3.30. The molecule has 2 heterocycles. The van der Waals surface area contributed by atoms with Gasteiger partial charge in [0.05, 0.1) is 20.8 Å². The predicted octanol–water partition coefficient (Wildman–Crippen LogP) is 0.184. The van der Waals surface area contributed by atoms with Crippen LogP contribution < -0.4 is 14.8 Å². The summed E-state index contributed by atoms with van der Waals surface area (Å²) in [6, 6.07) is 4.32. The van der Waals surface area contributed by atoms with Gasteiger partial charge in [0.15, 0.2) is 5.92 Å². The summed E-state index contributed by atoms with van der Waals surface area (Å²) < 4.78 is 15.9. The molecule has 2 aliphatic heterocycles. The number of benzene rings is 1. The van der Waals surface area contributed by atoms with Gasteiger partial charge in [0.25, 0.3) is 0 Å². The Balaban J connectivity index is 2.00. The molecule has 0 spiro atoms. The zero-order valence-electron chi connectivity index (χ0n) is 17.3. The lowest BCUT2D eigenvalue weighted by Gasteiger charge is -2.37. The molecule has 2 atom stereocenters. The molecule has 3 rings (SSSR count). The molecule has 0 unspecified atom stereocenters. The first kappa shape index (κ1) is 21.4. The highest BCUT2D eigenvalue weighted by molar-refractivity contribution is 6.08. The van der Waals surface area contributed by atoms with Crippen molar-refractivity contribution in [2.24, 2.45) is 10.9 Å². The van der Waals surface area contributed by atoms with Gasteiger partial charge in [0, 0.05) is 37.8 Å². The van der Waals surface area contributed by atoms with Gasteiger partial charge in [-0.25, -0.2) is 4.99 Å². The maximum absolute atomic E-state index is 12.9. The molecule has 1 N–H and O–H groups in total. The fraction of sp³-hybridized carbons (Fsp3) is 0.500. The van der Waals surface area contributed by atoms with Crippen LogP contribution in [0.1, 0.15) is 18.5 Å². The number of guanidine groups is 1. The van der Waals surface area contributed by atoms with E-state index in [0.29, 0.717) is 49.2 Å². The van der Waals surface area contributed by atoms with Gasteiger partial charge < -0.3 is 24.0 Å². The molecule has 1 aromatic carbocycles. The molecule has 30 heavy (non-hydrogen) atoms. The number of esters is 1. The maximum Gasteiger partial charge on any atom is 0.321 e. The third kappa shape index (κ3) is 4.32. The van der Waals surface area contributed by atoms with Gasteiger partial charge in [-0.05, 0) is 19.1 Å². The Morgan fingerprint density at radius 2 is 1.97 bits per heavy atom. The number of carbonyl (C=O) groups excluding carboxylic acids is 3. The standard InChI is InChI=1S/C20H26N4O6/c1-4-30-19(27)16-17(14-6-5-13(28-2)11-15(14)29-3)21-20(22-18(16)26)24-9-7-23(12-25)8-10-24/h5-6,11-12,16-17H,4,7-10H2,1-3H3,(H,21,22,26)/t16-,17-/m0/s1. The molecule has 0 saturated carbocycles. The Morgan fingerprint density at radius 1 is 1.23 bits per heavy atom. The van der Waals surface area contributed by atoms with Crippen LogP contribution in [0, 0.1) is 5.92 Å². The van der Waals surface area contributed by atoms with Gasteiger partial charge in [0.2, 0.25) is 18.3 Å². The van der Waals surface area contributed by atoms with Crippen LogP contribution in [-0.2, 0) is 19.1 Å². The van der Waals surface area contributed by atoms with E-state index in [9.17, 15) is 14.4 Å². The lowest BCUT2D eigenvalue weighted by atomic mass is 9.90. The first-order chi connectivity index (χ1) is 14.5. The van der Waals surface area contributed by atoms with Crippen molar-refractivity contribution >= 4 is 24.2 Å². The molecule has 1 aromatic rings. The second-order valence-electron chi connectivity index (χ2n) is 6.85. The van der Waals surface area contributed by atoms with Crippen molar-refractivity contribution in [3.8, 4) is 11.5 Å². The van der Waals surface area contributed by atoms with Crippen molar-refractivity contribution in [1.29, 1.82) is 0 Å². The van der Waals surface area contributed by atoms with Gasteiger partial charge in [-0.2, -0.15) is 0 Å². The highest BCUT2D eigenvalue weighted by atomic mass is 16.5. The van der Waals surface area contributed by atoms with Crippen LogP contribution in [-0.4, -0.2) is 81.1 Å². The number of hydrogen-bond donors (Lipinski definition) is 1. The van der Waals surface area contributed by atoms with Gasteiger partial charge in [-0.15, -0.1) is 0 Å². The average Bonchev–Trinajstić information content (AvgIpc) is 2.78. The SMILES string of the molecule is CCOC(=O)[C@@H]1C(=O)NC(N2CCN(C=O)CC2)=N[C@H]1c1ccc(OC)cc1OC. The van der Waals surface area contributed by atoms with Crippen molar-refractivity contribution in [2.75, 3.05) is 47.0 Å². The predicted molar refractivity (Wildman–Crippen MR) is 107 cm³/mol. The quantitative estimate of drug-likeness (QED) is 0.399. The summed E-state index contributed by atoms with van der Waals surface area (Å²) in [5.41, 5.74) is 0.579. The lowest BCUT2D eigenvalue weighted by molar-refractivity contribution is -0.153. The van der Waals surface area contributed by atoms with Crippen molar-refractivity contribution in [1.82, 2.24) is 15.1 Å². The minimum absolute atomic E-state index is 0.152. The van der Waals surface area contributed by atoms with E-state index in [4.69, 9.17) is 19.2 Å². The maximum atomic E-state index is 12.9. The number of hydrogen-bond acceptors (Lipinski definition) is 8. The Morgan fingerprint density at radius 3 is 2.57 bits per heavy atom. The van der Waals surface area contributed by atoms with Gasteiger partial charge in [-0.3, -0.25) is 19.7 Å². The summed E-state index contributed by atoms with van der Waals surface area (Å²) in [7, 11) is 3.04. The number of piperazine rings is 1. The summed E-state index contributed by atoms with van der Waals surface area (Å²) in [4.78, 5) is 44.8. The molecular weight excluding hydrogens is 392 g/mol. The van der Waals surface area contributed by atoms with E-state index in [0.717, 1.165) is 6.41 Å². The summed E-state index contributed by atoms with van der Waals surface area (Å²) in [5, 5.41) is 2.73. The number of nitrogens with zero attached hydrogens (tertiary/aromatic N) is 3. The molecule has 2 amide bonds. The molecule has 1 fully saturated rings. The largest absolute Gasteiger partial charge is 0.497 e. The summed E-state index contributed by atoms with van der Waals surface area (Å²) in [6.07, 6.45) is 0.806. The van der Waals surface area contributed by atoms with Crippen molar-refractivity contribution in [3.05, 3.63) is 23.8 Å². The Labute approximate surface area is 174 Å². The summed E-state index contributed by atoms with van der Waals surface area (Å²) in [6.45, 7) is 3.93. The van der Waals surface area contributed by atoms with Crippen LogP contribution in [0.5, 0.6) is 11.5 Å². The zero-order valence-corrected chi connectivity index (χ0v) is 17.3. The van der Waals surface area contributed by atoms with Crippen LogP contribution in [0.25, 0.3) is 0 Å². The van der Waals surface area contributed by atoms with Crippen LogP contribution in [0.2, 0.25) is 0 Å². The molecular formula is C20H26N4O6. The smallest absolute Gasteiger partial charge is 0.321 e. The average molecular weight is 418 g/mol. The molecule has 162 valence electrons. The normalized spacial score (nSPS) is 21.4. The number of amides is 2. The van der Waals surface area contributed by atoms with E-state index in [1.165, 1.54) is 7.11 Å². The van der Waals surface area contributed by atoms with Crippen LogP contribution in [0.4, 0.5) is 0 Å². The van der Waals surface area contributed by atoms with E-state index in [1.807, 2.05) is 4.90 Å². The summed E-state index contributed by atoms with van der Waals surface area (Å²) >= 11 is 0. The fourth-order valence-electron chi connectivity index (χ4n) is 3.55. The number of rotatable bonds is 6. The second kappa shape index (κ2) is 9.47. The first-order valence-corrected chi connectivity index (χ1v) is 9.73. The molecule has 1 saturated heterocycles. The fourth-order valence-corrected chi connectivity index (χ4v) is 3.55. The summed E-state index contributed by atoms with van der Waals surface area (Å²) in [5.74, 6) is -0.873. The lowest BCUT2D eigenvalue weighted by Crippen LogP contribution is -2.57. The van der Waals surface area contributed by atoms with Gasteiger partial charge in [0.1, 0.15) is 17.5 Å². The molecule has 0 aromatic heterocycles. The number of methoxy groups -OCH3 is 2. The van der Waals surface area contributed by atoms with E-state index in [-0.39, 0.29) is 6.61 Å². The van der Waals surface area contributed by atoms with E-state index < -0.39 is 23.8 Å². The number of aliphatic imine (C=N–C) groups is 1. The third-order valence-electron chi connectivity index (χ3n) is 5.16. The number of carbonyl (C=O) groups is 3. The highest BCUT2D eigenvalue weighted by Crippen LogP contribution is 2.38. The van der Waals surface area contributed by atoms with E-state index >= 15 is 0 Å². The minimum atomic E-state index is -1.15. The van der Waals surface area contributed by atoms with Crippen LogP contribution in [0.15, 0.2) is 23.2 Å². The zero-order chi connectivity index (χ0) is 21.7. The molecule has 0 bridgehead atoms. The number of ether oxygens (including phenoxy) is 3. The van der Waals surface area contributed by atoms with E-state index in [2.05, 4.69) is 5.32 Å². The van der Waals surface area contributed by atoms with Crippen LogP contribution >= 0.6 is 0 Å².